The summed E-state index contributed by atoms with van der Waals surface area (Å²) < 4.78 is 25.7. The molecule has 1 aromatic carbocycles. The van der Waals surface area contributed by atoms with Crippen molar-refractivity contribution in [2.75, 3.05) is 0 Å². The second-order valence-corrected chi connectivity index (χ2v) is 9.75. The van der Waals surface area contributed by atoms with Crippen LogP contribution in [0.3, 0.4) is 0 Å². The zero-order valence-electron chi connectivity index (χ0n) is 10.6. The summed E-state index contributed by atoms with van der Waals surface area (Å²) in [6.07, 6.45) is -1.71. The molecule has 0 heterocycles. The van der Waals surface area contributed by atoms with Crippen LogP contribution in [0.2, 0.25) is 19.6 Å². The van der Waals surface area contributed by atoms with Crippen LogP contribution in [-0.2, 0) is 0 Å². The van der Waals surface area contributed by atoms with E-state index in [-0.39, 0.29) is 5.57 Å². The number of allylic oxidation sites excluding steroid dienone is 1. The number of hydrogen-bond donors (Lipinski definition) is 0. The Labute approximate surface area is 102 Å². The van der Waals surface area contributed by atoms with Gasteiger partial charge in [0, 0.05) is 0 Å². The Kier molecular flexibility index (Phi) is 4.25. The monoisotopic (exact) mass is 250 g/mol. The number of aryl methyl sites for hydroxylation is 1. The molecule has 0 aliphatic heterocycles. The van der Waals surface area contributed by atoms with E-state index in [2.05, 4.69) is 11.5 Å². The maximum Gasteiger partial charge on any atom is 0.286 e. The molecule has 1 rings (SSSR count). The van der Waals surface area contributed by atoms with Gasteiger partial charge in [-0.1, -0.05) is 55.4 Å². The standard InChI is InChI=1S/C14H16F2Si/c1-11-5-7-12(8-6-11)13(14(15)16)9-10-17(2,3)4/h5-8H,1-4H3. The molecule has 0 radical (unpaired) electrons. The van der Waals surface area contributed by atoms with E-state index in [9.17, 15) is 8.78 Å². The molecule has 0 aliphatic rings. The lowest BCUT2D eigenvalue weighted by Crippen LogP contribution is -2.16. The smallest absolute Gasteiger partial charge is 0.172 e. The van der Waals surface area contributed by atoms with Crippen LogP contribution < -0.4 is 0 Å². The van der Waals surface area contributed by atoms with Crippen LogP contribution in [0.25, 0.3) is 5.57 Å². The van der Waals surface area contributed by atoms with E-state index in [0.29, 0.717) is 5.56 Å². The molecular formula is C14H16F2Si. The average molecular weight is 250 g/mol. The van der Waals surface area contributed by atoms with E-state index in [0.717, 1.165) is 5.56 Å². The van der Waals surface area contributed by atoms with Crippen LogP contribution in [0.1, 0.15) is 11.1 Å². The summed E-state index contributed by atoms with van der Waals surface area (Å²) in [5.41, 5.74) is 4.36. The van der Waals surface area contributed by atoms with Crippen molar-refractivity contribution in [3.05, 3.63) is 41.5 Å². The van der Waals surface area contributed by atoms with Gasteiger partial charge in [-0.15, -0.1) is 5.54 Å². The van der Waals surface area contributed by atoms with Crippen molar-refractivity contribution >= 4 is 13.6 Å². The second-order valence-electron chi connectivity index (χ2n) is 5.00. The van der Waals surface area contributed by atoms with E-state index >= 15 is 0 Å². The highest BCUT2D eigenvalue weighted by Gasteiger charge is 2.10. The van der Waals surface area contributed by atoms with E-state index in [1.165, 1.54) is 0 Å². The van der Waals surface area contributed by atoms with Crippen LogP contribution in [0.5, 0.6) is 0 Å². The van der Waals surface area contributed by atoms with E-state index in [4.69, 9.17) is 0 Å². The first-order chi connectivity index (χ1) is 7.79. The molecule has 90 valence electrons. The lowest BCUT2D eigenvalue weighted by Gasteiger charge is -2.05. The minimum Gasteiger partial charge on any atom is -0.172 e. The fourth-order valence-electron chi connectivity index (χ4n) is 1.20. The molecule has 0 saturated carbocycles. The fourth-order valence-corrected chi connectivity index (χ4v) is 1.70. The van der Waals surface area contributed by atoms with Crippen molar-refractivity contribution < 1.29 is 8.78 Å². The third-order valence-corrected chi connectivity index (χ3v) is 2.97. The van der Waals surface area contributed by atoms with Crippen molar-refractivity contribution in [2.45, 2.75) is 26.6 Å². The molecule has 0 bridgehead atoms. The van der Waals surface area contributed by atoms with Gasteiger partial charge in [0.15, 0.2) is 0 Å². The first kappa shape index (κ1) is 13.7. The maximum absolute atomic E-state index is 12.9. The Morgan fingerprint density at radius 2 is 1.59 bits per heavy atom. The molecule has 0 aromatic heterocycles. The Bertz CT molecular complexity index is 478. The van der Waals surface area contributed by atoms with Gasteiger partial charge in [-0.05, 0) is 12.5 Å². The summed E-state index contributed by atoms with van der Waals surface area (Å²) in [6.45, 7) is 8.02. The van der Waals surface area contributed by atoms with Gasteiger partial charge in [0.05, 0.1) is 5.57 Å². The molecule has 0 fully saturated rings. The topological polar surface area (TPSA) is 0 Å². The van der Waals surface area contributed by atoms with Gasteiger partial charge in [0.2, 0.25) is 0 Å². The summed E-state index contributed by atoms with van der Waals surface area (Å²) in [6, 6.07) is 6.99. The van der Waals surface area contributed by atoms with Crippen molar-refractivity contribution in [1.29, 1.82) is 0 Å². The molecule has 0 aliphatic carbocycles. The summed E-state index contributed by atoms with van der Waals surface area (Å²) in [4.78, 5) is 0. The molecular weight excluding hydrogens is 234 g/mol. The summed E-state index contributed by atoms with van der Waals surface area (Å²) in [5, 5.41) is 0. The quantitative estimate of drug-likeness (QED) is 0.509. The maximum atomic E-state index is 12.9. The van der Waals surface area contributed by atoms with Crippen molar-refractivity contribution in [2.24, 2.45) is 0 Å². The molecule has 0 saturated heterocycles. The summed E-state index contributed by atoms with van der Waals surface area (Å²) in [5.74, 6) is 2.64. The SMILES string of the molecule is Cc1ccc(C(C#C[Si](C)(C)C)=C(F)F)cc1. The molecule has 0 N–H and O–H groups in total. The van der Waals surface area contributed by atoms with Gasteiger partial charge in [0.25, 0.3) is 6.08 Å². The first-order valence-corrected chi connectivity index (χ1v) is 8.95. The number of benzene rings is 1. The third kappa shape index (κ3) is 4.54. The van der Waals surface area contributed by atoms with Gasteiger partial charge in [-0.25, -0.2) is 0 Å². The number of hydrogen-bond acceptors (Lipinski definition) is 0. The van der Waals surface area contributed by atoms with Gasteiger partial charge >= 0.3 is 0 Å². The van der Waals surface area contributed by atoms with Crippen molar-refractivity contribution in [3.8, 4) is 11.5 Å². The molecule has 1 aromatic rings. The highest BCUT2D eigenvalue weighted by Crippen LogP contribution is 2.20. The van der Waals surface area contributed by atoms with Crippen LogP contribution >= 0.6 is 0 Å². The van der Waals surface area contributed by atoms with E-state index in [1.54, 1.807) is 12.1 Å². The van der Waals surface area contributed by atoms with Crippen LogP contribution in [0.4, 0.5) is 8.78 Å². The lowest BCUT2D eigenvalue weighted by atomic mass is 10.1. The minimum atomic E-state index is -1.71. The Hall–Kier alpha value is -1.40. The predicted molar refractivity (Wildman–Crippen MR) is 71.4 cm³/mol. The Morgan fingerprint density at radius 1 is 1.06 bits per heavy atom. The average Bonchev–Trinajstić information content (AvgIpc) is 2.18. The zero-order valence-corrected chi connectivity index (χ0v) is 11.6. The van der Waals surface area contributed by atoms with Gasteiger partial charge in [-0.2, -0.15) is 8.78 Å². The van der Waals surface area contributed by atoms with Crippen LogP contribution in [0, 0.1) is 18.4 Å². The third-order valence-electron chi connectivity index (χ3n) is 2.09. The predicted octanol–water partition coefficient (Wildman–Crippen LogP) is 4.48. The highest BCUT2D eigenvalue weighted by atomic mass is 28.3. The van der Waals surface area contributed by atoms with E-state index < -0.39 is 14.2 Å². The molecule has 0 atom stereocenters. The highest BCUT2D eigenvalue weighted by molar-refractivity contribution is 6.84. The zero-order chi connectivity index (χ0) is 13.1. The molecule has 0 unspecified atom stereocenters. The van der Waals surface area contributed by atoms with Gasteiger partial charge in [0.1, 0.15) is 8.07 Å². The largest absolute Gasteiger partial charge is 0.286 e. The molecule has 0 amide bonds. The normalized spacial score (nSPS) is 10.5. The van der Waals surface area contributed by atoms with Crippen LogP contribution in [0.15, 0.2) is 30.3 Å². The fraction of sp³-hybridized carbons (Fsp3) is 0.286. The minimum absolute atomic E-state index is 0.146. The molecule has 0 nitrogen and oxygen atoms in total. The molecule has 3 heteroatoms. The first-order valence-electron chi connectivity index (χ1n) is 5.45. The Morgan fingerprint density at radius 3 is 2.00 bits per heavy atom. The number of rotatable bonds is 1. The summed E-state index contributed by atoms with van der Waals surface area (Å²) >= 11 is 0. The molecule has 17 heavy (non-hydrogen) atoms. The Balaban J connectivity index is 3.16. The van der Waals surface area contributed by atoms with Crippen molar-refractivity contribution in [3.63, 3.8) is 0 Å². The summed E-state index contributed by atoms with van der Waals surface area (Å²) in [7, 11) is -1.64. The van der Waals surface area contributed by atoms with E-state index in [1.807, 2.05) is 38.7 Å². The number of halogens is 2. The lowest BCUT2D eigenvalue weighted by molar-refractivity contribution is 0.427. The van der Waals surface area contributed by atoms with Gasteiger partial charge < -0.3 is 0 Å². The van der Waals surface area contributed by atoms with Gasteiger partial charge in [-0.3, -0.25) is 0 Å². The molecule has 0 spiro atoms. The van der Waals surface area contributed by atoms with Crippen LogP contribution in [-0.4, -0.2) is 8.07 Å². The second kappa shape index (κ2) is 5.28. The van der Waals surface area contributed by atoms with Crippen molar-refractivity contribution in [1.82, 2.24) is 0 Å².